The lowest BCUT2D eigenvalue weighted by atomic mass is 10.1. The highest BCUT2D eigenvalue weighted by Crippen LogP contribution is 2.20. The fraction of sp³-hybridized carbons (Fsp3) is 0.222. The molecule has 0 aliphatic carbocycles. The molecule has 2 nitrogen and oxygen atoms in total. The first-order valence-corrected chi connectivity index (χ1v) is 3.79. The largest absolute Gasteiger partial charge is 0.319 e. The predicted octanol–water partition coefficient (Wildman–Crippen LogP) is 1.96. The van der Waals surface area contributed by atoms with Crippen LogP contribution in [0, 0.1) is 17.1 Å². The molecule has 1 aromatic carbocycles. The Bertz CT molecular complexity index is 371. The van der Waals surface area contributed by atoms with Gasteiger partial charge in [0.1, 0.15) is 11.9 Å². The van der Waals surface area contributed by atoms with Crippen LogP contribution in [0.1, 0.15) is 17.2 Å². The Kier molecular flexibility index (Phi) is 3.10. The van der Waals surface area contributed by atoms with Crippen molar-refractivity contribution in [1.82, 2.24) is 0 Å². The second kappa shape index (κ2) is 4.11. The van der Waals surface area contributed by atoms with Crippen LogP contribution in [0.15, 0.2) is 18.2 Å². The maximum Gasteiger partial charge on any atom is 0.257 e. The molecule has 0 heterocycles. The molecule has 1 atom stereocenters. The van der Waals surface area contributed by atoms with Gasteiger partial charge in [0.25, 0.3) is 6.43 Å². The van der Waals surface area contributed by atoms with Gasteiger partial charge in [-0.1, -0.05) is 6.07 Å². The average Bonchev–Trinajstić information content (AvgIpc) is 2.17. The van der Waals surface area contributed by atoms with Crippen LogP contribution < -0.4 is 5.73 Å². The zero-order valence-corrected chi connectivity index (χ0v) is 7.05. The van der Waals surface area contributed by atoms with E-state index in [9.17, 15) is 13.2 Å². The third kappa shape index (κ3) is 2.03. The van der Waals surface area contributed by atoms with Crippen LogP contribution >= 0.6 is 0 Å². The third-order valence-electron chi connectivity index (χ3n) is 1.77. The SMILES string of the molecule is N#Cc1cc(C(N)C(F)F)ccc1F. The lowest BCUT2D eigenvalue weighted by Gasteiger charge is -2.10. The number of hydrogen-bond acceptors (Lipinski definition) is 2. The molecule has 1 rings (SSSR count). The van der Waals surface area contributed by atoms with Gasteiger partial charge in [-0.3, -0.25) is 0 Å². The molecule has 1 aromatic rings. The van der Waals surface area contributed by atoms with Crippen LogP contribution in [0.4, 0.5) is 13.2 Å². The van der Waals surface area contributed by atoms with Gasteiger partial charge in [-0.2, -0.15) is 5.26 Å². The summed E-state index contributed by atoms with van der Waals surface area (Å²) < 4.78 is 37.1. The number of benzene rings is 1. The maximum atomic E-state index is 12.8. The maximum absolute atomic E-state index is 12.8. The molecule has 2 N–H and O–H groups in total. The molecule has 0 aliphatic heterocycles. The molecule has 0 radical (unpaired) electrons. The van der Waals surface area contributed by atoms with Crippen molar-refractivity contribution >= 4 is 0 Å². The minimum absolute atomic E-state index is 0.0537. The van der Waals surface area contributed by atoms with Gasteiger partial charge in [0.2, 0.25) is 0 Å². The van der Waals surface area contributed by atoms with Gasteiger partial charge in [-0.25, -0.2) is 13.2 Å². The zero-order chi connectivity index (χ0) is 10.7. The Balaban J connectivity index is 3.08. The van der Waals surface area contributed by atoms with E-state index in [-0.39, 0.29) is 11.1 Å². The normalized spacial score (nSPS) is 12.6. The molecule has 0 saturated heterocycles. The molecule has 1 unspecified atom stereocenters. The summed E-state index contributed by atoms with van der Waals surface area (Å²) in [7, 11) is 0. The quantitative estimate of drug-likeness (QED) is 0.793. The van der Waals surface area contributed by atoms with Crippen molar-refractivity contribution in [3.05, 3.63) is 35.1 Å². The Hall–Kier alpha value is -1.54. The molecule has 0 aromatic heterocycles. The van der Waals surface area contributed by atoms with E-state index in [2.05, 4.69) is 0 Å². The smallest absolute Gasteiger partial charge is 0.257 e. The van der Waals surface area contributed by atoms with Crippen LogP contribution in [0.3, 0.4) is 0 Å². The van der Waals surface area contributed by atoms with Gasteiger partial charge in [0.05, 0.1) is 11.6 Å². The average molecular weight is 200 g/mol. The molecular weight excluding hydrogens is 193 g/mol. The van der Waals surface area contributed by atoms with Crippen LogP contribution in [-0.4, -0.2) is 6.43 Å². The summed E-state index contributed by atoms with van der Waals surface area (Å²) in [5.41, 5.74) is 4.90. The second-order valence-electron chi connectivity index (χ2n) is 2.71. The van der Waals surface area contributed by atoms with Crippen LogP contribution in [0.5, 0.6) is 0 Å². The lowest BCUT2D eigenvalue weighted by Crippen LogP contribution is -2.19. The first-order chi connectivity index (χ1) is 6.56. The number of nitrogens with zero attached hydrogens (tertiary/aromatic N) is 1. The van der Waals surface area contributed by atoms with Crippen molar-refractivity contribution in [1.29, 1.82) is 5.26 Å². The van der Waals surface area contributed by atoms with Crippen LogP contribution in [0.25, 0.3) is 0 Å². The van der Waals surface area contributed by atoms with E-state index in [1.807, 2.05) is 0 Å². The highest BCUT2D eigenvalue weighted by molar-refractivity contribution is 5.35. The van der Waals surface area contributed by atoms with Crippen molar-refractivity contribution in [3.63, 3.8) is 0 Å². The summed E-state index contributed by atoms with van der Waals surface area (Å²) in [6.45, 7) is 0. The van der Waals surface area contributed by atoms with E-state index in [0.717, 1.165) is 18.2 Å². The summed E-state index contributed by atoms with van der Waals surface area (Å²) in [6, 6.07) is 3.20. The summed E-state index contributed by atoms with van der Waals surface area (Å²) in [5.74, 6) is -0.738. The molecule has 0 aliphatic rings. The van der Waals surface area contributed by atoms with Gasteiger partial charge >= 0.3 is 0 Å². The number of halogens is 3. The monoisotopic (exact) mass is 200 g/mol. The fourth-order valence-electron chi connectivity index (χ4n) is 0.981. The van der Waals surface area contributed by atoms with E-state index in [1.54, 1.807) is 6.07 Å². The molecule has 0 saturated carbocycles. The van der Waals surface area contributed by atoms with Gasteiger partial charge in [0.15, 0.2) is 0 Å². The molecule has 74 valence electrons. The van der Waals surface area contributed by atoms with E-state index in [0.29, 0.717) is 0 Å². The van der Waals surface area contributed by atoms with Gasteiger partial charge in [0, 0.05) is 0 Å². The predicted molar refractivity (Wildman–Crippen MR) is 44.0 cm³/mol. The first kappa shape index (κ1) is 10.5. The molecule has 0 amide bonds. The number of nitrogens with two attached hydrogens (primary N) is 1. The minimum Gasteiger partial charge on any atom is -0.319 e. The molecule has 5 heteroatoms. The number of alkyl halides is 2. The highest BCUT2D eigenvalue weighted by atomic mass is 19.3. The highest BCUT2D eigenvalue weighted by Gasteiger charge is 2.18. The van der Waals surface area contributed by atoms with E-state index < -0.39 is 18.3 Å². The third-order valence-corrected chi connectivity index (χ3v) is 1.77. The van der Waals surface area contributed by atoms with Gasteiger partial charge < -0.3 is 5.73 Å². The van der Waals surface area contributed by atoms with Crippen molar-refractivity contribution in [2.24, 2.45) is 5.73 Å². The summed E-state index contributed by atoms with van der Waals surface area (Å²) in [6.07, 6.45) is -2.73. The fourth-order valence-corrected chi connectivity index (χ4v) is 0.981. The lowest BCUT2D eigenvalue weighted by molar-refractivity contribution is 0.116. The summed E-state index contributed by atoms with van der Waals surface area (Å²) in [4.78, 5) is 0. The van der Waals surface area contributed by atoms with Crippen molar-refractivity contribution in [2.75, 3.05) is 0 Å². The molecule has 0 bridgehead atoms. The van der Waals surface area contributed by atoms with E-state index >= 15 is 0 Å². The van der Waals surface area contributed by atoms with Gasteiger partial charge in [-0.15, -0.1) is 0 Å². The minimum atomic E-state index is -2.73. The Labute approximate surface area is 78.8 Å². The van der Waals surface area contributed by atoms with Crippen LogP contribution in [0.2, 0.25) is 0 Å². The number of rotatable bonds is 2. The Morgan fingerprint density at radius 3 is 2.50 bits per heavy atom. The first-order valence-electron chi connectivity index (χ1n) is 3.79. The van der Waals surface area contributed by atoms with Crippen molar-refractivity contribution < 1.29 is 13.2 Å². The van der Waals surface area contributed by atoms with Crippen LogP contribution in [-0.2, 0) is 0 Å². The second-order valence-corrected chi connectivity index (χ2v) is 2.71. The number of hydrogen-bond donors (Lipinski definition) is 1. The molecule has 0 fully saturated rings. The van der Waals surface area contributed by atoms with Crippen molar-refractivity contribution in [2.45, 2.75) is 12.5 Å². The topological polar surface area (TPSA) is 49.8 Å². The number of nitriles is 1. The molecular formula is C9H7F3N2. The van der Waals surface area contributed by atoms with E-state index in [4.69, 9.17) is 11.0 Å². The van der Waals surface area contributed by atoms with E-state index in [1.165, 1.54) is 0 Å². The summed E-state index contributed by atoms with van der Waals surface area (Å²) >= 11 is 0. The van der Waals surface area contributed by atoms with Crippen molar-refractivity contribution in [3.8, 4) is 6.07 Å². The Morgan fingerprint density at radius 1 is 1.36 bits per heavy atom. The Morgan fingerprint density at radius 2 is 2.00 bits per heavy atom. The van der Waals surface area contributed by atoms with Gasteiger partial charge in [-0.05, 0) is 17.7 Å². The zero-order valence-electron chi connectivity index (χ0n) is 7.05. The summed E-state index contributed by atoms with van der Waals surface area (Å²) in [5, 5.41) is 8.44. The standard InChI is InChI=1S/C9H7F3N2/c10-7-2-1-5(3-6(7)4-13)8(14)9(11)12/h1-3,8-9H,14H2. The molecule has 14 heavy (non-hydrogen) atoms. The molecule has 0 spiro atoms.